The van der Waals surface area contributed by atoms with Gasteiger partial charge in [-0.15, -0.1) is 0 Å². The Kier molecular flexibility index (Phi) is 7.41. The van der Waals surface area contributed by atoms with Gasteiger partial charge in [0.05, 0.1) is 0 Å². The van der Waals surface area contributed by atoms with E-state index in [1.54, 1.807) is 0 Å². The molecule has 1 aromatic heterocycles. The molecule has 1 atom stereocenters. The highest BCUT2D eigenvalue weighted by molar-refractivity contribution is 5.35. The molecular formula is C15H27N3O. The second-order valence-electron chi connectivity index (χ2n) is 5.15. The van der Waals surface area contributed by atoms with Gasteiger partial charge in [0.15, 0.2) is 5.82 Å². The zero-order chi connectivity index (χ0) is 14.1. The van der Waals surface area contributed by atoms with Crippen molar-refractivity contribution in [2.45, 2.75) is 53.6 Å². The molecule has 0 spiro atoms. The Morgan fingerprint density at radius 1 is 1.26 bits per heavy atom. The van der Waals surface area contributed by atoms with Crippen LogP contribution in [-0.2, 0) is 11.3 Å². The molecule has 1 heterocycles. The van der Waals surface area contributed by atoms with Gasteiger partial charge in [-0.25, -0.2) is 9.97 Å². The van der Waals surface area contributed by atoms with Crippen molar-refractivity contribution in [3.8, 4) is 0 Å². The Morgan fingerprint density at radius 2 is 2.05 bits per heavy atom. The third kappa shape index (κ3) is 6.53. The van der Waals surface area contributed by atoms with Crippen molar-refractivity contribution in [2.24, 2.45) is 5.92 Å². The third-order valence-electron chi connectivity index (χ3n) is 2.87. The smallest absolute Gasteiger partial charge is 0.156 e. The van der Waals surface area contributed by atoms with Crippen LogP contribution in [0.5, 0.6) is 0 Å². The maximum atomic E-state index is 5.70. The molecule has 0 fully saturated rings. The molecular weight excluding hydrogens is 238 g/mol. The van der Waals surface area contributed by atoms with E-state index in [4.69, 9.17) is 4.74 Å². The fourth-order valence-corrected chi connectivity index (χ4v) is 1.97. The minimum atomic E-state index is 0.497. The summed E-state index contributed by atoms with van der Waals surface area (Å²) in [5.74, 6) is 2.27. The predicted molar refractivity (Wildman–Crippen MR) is 79.3 cm³/mol. The Hall–Kier alpha value is -1.16. The molecule has 0 saturated carbocycles. The first kappa shape index (κ1) is 15.9. The van der Waals surface area contributed by atoms with Gasteiger partial charge in [0.25, 0.3) is 0 Å². The Morgan fingerprint density at radius 3 is 2.74 bits per heavy atom. The van der Waals surface area contributed by atoms with E-state index >= 15 is 0 Å². The van der Waals surface area contributed by atoms with Crippen LogP contribution in [0.1, 0.15) is 51.6 Å². The van der Waals surface area contributed by atoms with E-state index in [9.17, 15) is 0 Å². The molecule has 0 amide bonds. The van der Waals surface area contributed by atoms with Crippen LogP contribution in [0.3, 0.4) is 0 Å². The largest absolute Gasteiger partial charge is 0.373 e. The highest BCUT2D eigenvalue weighted by Gasteiger charge is 2.04. The minimum absolute atomic E-state index is 0.497. The predicted octanol–water partition coefficient (Wildman–Crippen LogP) is 3.56. The van der Waals surface area contributed by atoms with E-state index in [0.717, 1.165) is 36.9 Å². The van der Waals surface area contributed by atoms with Crippen LogP contribution in [0.15, 0.2) is 6.07 Å². The van der Waals surface area contributed by atoms with Gasteiger partial charge in [-0.2, -0.15) is 0 Å². The van der Waals surface area contributed by atoms with Crippen LogP contribution in [0.2, 0.25) is 0 Å². The third-order valence-corrected chi connectivity index (χ3v) is 2.87. The first-order valence-corrected chi connectivity index (χ1v) is 7.31. The number of ether oxygens (including phenoxy) is 1. The number of anilines is 1. The van der Waals surface area contributed by atoms with Crippen molar-refractivity contribution in [3.63, 3.8) is 0 Å². The molecule has 0 saturated heterocycles. The van der Waals surface area contributed by atoms with E-state index in [2.05, 4.69) is 36.1 Å². The Balaban J connectivity index is 2.46. The molecule has 0 aliphatic heterocycles. The van der Waals surface area contributed by atoms with Gasteiger partial charge in [-0.3, -0.25) is 0 Å². The molecule has 0 radical (unpaired) electrons. The summed E-state index contributed by atoms with van der Waals surface area (Å²) >= 11 is 0. The molecule has 0 aromatic carbocycles. The van der Waals surface area contributed by atoms with Gasteiger partial charge in [-0.1, -0.05) is 27.2 Å². The number of aromatic nitrogens is 2. The zero-order valence-electron chi connectivity index (χ0n) is 12.7. The molecule has 1 unspecified atom stereocenters. The fourth-order valence-electron chi connectivity index (χ4n) is 1.97. The fraction of sp³-hybridized carbons (Fsp3) is 0.733. The van der Waals surface area contributed by atoms with E-state index in [0.29, 0.717) is 12.5 Å². The summed E-state index contributed by atoms with van der Waals surface area (Å²) in [5, 5.41) is 3.29. The molecule has 4 heteroatoms. The SMILES string of the molecule is CCCNc1cc(C)nc(COCC(C)CCC)n1. The van der Waals surface area contributed by atoms with Gasteiger partial charge in [0.2, 0.25) is 0 Å². The summed E-state index contributed by atoms with van der Waals surface area (Å²) < 4.78 is 5.70. The summed E-state index contributed by atoms with van der Waals surface area (Å²) in [6.45, 7) is 10.8. The normalized spacial score (nSPS) is 12.4. The average molecular weight is 265 g/mol. The summed E-state index contributed by atoms with van der Waals surface area (Å²) in [4.78, 5) is 8.88. The molecule has 1 N–H and O–H groups in total. The number of aryl methyl sites for hydroxylation is 1. The van der Waals surface area contributed by atoms with Gasteiger partial charge >= 0.3 is 0 Å². The van der Waals surface area contributed by atoms with Gasteiger partial charge < -0.3 is 10.1 Å². The van der Waals surface area contributed by atoms with Crippen molar-refractivity contribution in [1.82, 2.24) is 9.97 Å². The van der Waals surface area contributed by atoms with Crippen LogP contribution in [-0.4, -0.2) is 23.1 Å². The van der Waals surface area contributed by atoms with Crippen LogP contribution >= 0.6 is 0 Å². The van der Waals surface area contributed by atoms with Crippen molar-refractivity contribution in [3.05, 3.63) is 17.6 Å². The van der Waals surface area contributed by atoms with E-state index < -0.39 is 0 Å². The number of hydrogen-bond donors (Lipinski definition) is 1. The Labute approximate surface area is 117 Å². The second kappa shape index (κ2) is 8.86. The molecule has 4 nitrogen and oxygen atoms in total. The van der Waals surface area contributed by atoms with E-state index in [1.807, 2.05) is 13.0 Å². The average Bonchev–Trinajstić information content (AvgIpc) is 2.36. The van der Waals surface area contributed by atoms with E-state index in [-0.39, 0.29) is 0 Å². The van der Waals surface area contributed by atoms with Crippen LogP contribution in [0.4, 0.5) is 5.82 Å². The lowest BCUT2D eigenvalue weighted by molar-refractivity contribution is 0.0848. The topological polar surface area (TPSA) is 47.0 Å². The van der Waals surface area contributed by atoms with Crippen molar-refractivity contribution in [2.75, 3.05) is 18.5 Å². The van der Waals surface area contributed by atoms with E-state index in [1.165, 1.54) is 12.8 Å². The number of rotatable bonds is 9. The van der Waals surface area contributed by atoms with Gasteiger partial charge in [-0.05, 0) is 25.7 Å². The highest BCUT2D eigenvalue weighted by Crippen LogP contribution is 2.09. The molecule has 0 aliphatic carbocycles. The standard InChI is InChI=1S/C15H27N3O/c1-5-7-12(3)10-19-11-15-17-13(4)9-14(18-15)16-8-6-2/h9,12H,5-8,10-11H2,1-4H3,(H,16,17,18). The lowest BCUT2D eigenvalue weighted by Crippen LogP contribution is -2.10. The molecule has 1 aromatic rings. The van der Waals surface area contributed by atoms with Gasteiger partial charge in [0, 0.05) is 24.9 Å². The first-order valence-electron chi connectivity index (χ1n) is 7.31. The van der Waals surface area contributed by atoms with Crippen LogP contribution in [0, 0.1) is 12.8 Å². The number of nitrogens with one attached hydrogen (secondary N) is 1. The Bertz CT molecular complexity index is 368. The summed E-state index contributed by atoms with van der Waals surface area (Å²) in [6, 6.07) is 1.97. The van der Waals surface area contributed by atoms with Crippen LogP contribution in [0.25, 0.3) is 0 Å². The lowest BCUT2D eigenvalue weighted by atomic mass is 10.1. The summed E-state index contributed by atoms with van der Waals surface area (Å²) in [6.07, 6.45) is 3.50. The van der Waals surface area contributed by atoms with Gasteiger partial charge in [0.1, 0.15) is 12.4 Å². The number of nitrogens with zero attached hydrogens (tertiary/aromatic N) is 2. The second-order valence-corrected chi connectivity index (χ2v) is 5.15. The van der Waals surface area contributed by atoms with Crippen molar-refractivity contribution in [1.29, 1.82) is 0 Å². The molecule has 0 bridgehead atoms. The molecule has 108 valence electrons. The highest BCUT2D eigenvalue weighted by atomic mass is 16.5. The molecule has 19 heavy (non-hydrogen) atoms. The van der Waals surface area contributed by atoms with Crippen molar-refractivity contribution >= 4 is 5.82 Å². The van der Waals surface area contributed by atoms with Crippen LogP contribution < -0.4 is 5.32 Å². The zero-order valence-corrected chi connectivity index (χ0v) is 12.7. The number of hydrogen-bond acceptors (Lipinski definition) is 4. The first-order chi connectivity index (χ1) is 9.15. The summed E-state index contributed by atoms with van der Waals surface area (Å²) in [5.41, 5.74) is 0.980. The maximum Gasteiger partial charge on any atom is 0.156 e. The quantitative estimate of drug-likeness (QED) is 0.741. The van der Waals surface area contributed by atoms with Crippen molar-refractivity contribution < 1.29 is 4.74 Å². The molecule has 1 rings (SSSR count). The molecule has 0 aliphatic rings. The summed E-state index contributed by atoms with van der Waals surface area (Å²) in [7, 11) is 0. The maximum absolute atomic E-state index is 5.70. The lowest BCUT2D eigenvalue weighted by Gasteiger charge is -2.11. The monoisotopic (exact) mass is 265 g/mol. The minimum Gasteiger partial charge on any atom is -0.373 e.